The van der Waals surface area contributed by atoms with Gasteiger partial charge >= 0.3 is 0 Å². The number of halogens is 1. The summed E-state index contributed by atoms with van der Waals surface area (Å²) >= 11 is 6.00. The van der Waals surface area contributed by atoms with Crippen LogP contribution in [0.2, 0.25) is 5.02 Å². The lowest BCUT2D eigenvalue weighted by Crippen LogP contribution is -2.37. The number of hydrogen-bond donors (Lipinski definition) is 0. The molecule has 0 radical (unpaired) electrons. The van der Waals surface area contributed by atoms with Gasteiger partial charge in [-0.1, -0.05) is 23.7 Å². The van der Waals surface area contributed by atoms with Crippen LogP contribution in [0.3, 0.4) is 0 Å². The quantitative estimate of drug-likeness (QED) is 0.506. The molecule has 0 amide bonds. The fraction of sp³-hybridized carbons (Fsp3) is 0.348. The van der Waals surface area contributed by atoms with E-state index in [1.807, 2.05) is 59.3 Å². The van der Waals surface area contributed by atoms with Crippen molar-refractivity contribution in [3.8, 4) is 11.5 Å². The second kappa shape index (κ2) is 9.51. The Morgan fingerprint density at radius 3 is 2.60 bits per heavy atom. The average Bonchev–Trinajstić information content (AvgIpc) is 3.43. The molecule has 1 fully saturated rings. The molecule has 1 aliphatic heterocycles. The van der Waals surface area contributed by atoms with Crippen LogP contribution in [-0.2, 0) is 22.4 Å². The molecule has 1 saturated heterocycles. The summed E-state index contributed by atoms with van der Waals surface area (Å²) in [5.41, 5.74) is 1.19. The number of imidazole rings is 1. The Kier molecular flexibility index (Phi) is 6.57. The van der Waals surface area contributed by atoms with Crippen LogP contribution in [0, 0.1) is 0 Å². The van der Waals surface area contributed by atoms with Crippen LogP contribution in [0.4, 0.5) is 0 Å². The molecular formula is C23H25ClN2O4. The first-order valence-corrected chi connectivity index (χ1v) is 10.3. The molecule has 1 aromatic heterocycles. The molecular weight excluding hydrogens is 404 g/mol. The number of ether oxygens (including phenoxy) is 4. The molecule has 4 rings (SSSR count). The number of hydrogen-bond acceptors (Lipinski definition) is 5. The number of methoxy groups -OCH3 is 1. The third kappa shape index (κ3) is 5.33. The Labute approximate surface area is 181 Å². The zero-order valence-electron chi connectivity index (χ0n) is 16.9. The summed E-state index contributed by atoms with van der Waals surface area (Å²) in [6.07, 6.45) is 6.83. The maximum atomic E-state index is 6.39. The molecule has 0 aliphatic carbocycles. The maximum Gasteiger partial charge on any atom is 0.187 e. The lowest BCUT2D eigenvalue weighted by Gasteiger charge is -2.28. The van der Waals surface area contributed by atoms with E-state index in [9.17, 15) is 0 Å². The standard InChI is InChI=1S/C23H25ClN2O4/c1-27-20-6-8-21(9-7-20)28-14-22-15-29-23(30-22,16-26-13-12-25-17-26)11-10-18-2-4-19(24)5-3-18/h2-9,12-13,17,22H,10-11,14-16H2,1H3/t22-,23+/m1/s1. The summed E-state index contributed by atoms with van der Waals surface area (Å²) in [4.78, 5) is 4.13. The molecule has 30 heavy (non-hydrogen) atoms. The van der Waals surface area contributed by atoms with Crippen molar-refractivity contribution in [1.82, 2.24) is 9.55 Å². The Bertz CT molecular complexity index is 915. The fourth-order valence-corrected chi connectivity index (χ4v) is 3.62. The van der Waals surface area contributed by atoms with Crippen molar-refractivity contribution >= 4 is 11.6 Å². The predicted octanol–water partition coefficient (Wildman–Crippen LogP) is 4.37. The van der Waals surface area contributed by atoms with E-state index in [-0.39, 0.29) is 6.10 Å². The van der Waals surface area contributed by atoms with Crippen molar-refractivity contribution in [2.75, 3.05) is 20.3 Å². The number of benzene rings is 2. The molecule has 6 nitrogen and oxygen atoms in total. The second-order valence-corrected chi connectivity index (χ2v) is 7.75. The summed E-state index contributed by atoms with van der Waals surface area (Å²) in [6, 6.07) is 15.4. The molecule has 1 aliphatic rings. The van der Waals surface area contributed by atoms with Gasteiger partial charge in [0.05, 0.1) is 26.6 Å². The largest absolute Gasteiger partial charge is 0.497 e. The van der Waals surface area contributed by atoms with Gasteiger partial charge in [0.15, 0.2) is 5.79 Å². The van der Waals surface area contributed by atoms with Gasteiger partial charge in [-0.15, -0.1) is 0 Å². The Morgan fingerprint density at radius 1 is 1.13 bits per heavy atom. The van der Waals surface area contributed by atoms with Gasteiger partial charge in [0.1, 0.15) is 24.2 Å². The monoisotopic (exact) mass is 428 g/mol. The van der Waals surface area contributed by atoms with E-state index in [2.05, 4.69) is 4.98 Å². The van der Waals surface area contributed by atoms with E-state index < -0.39 is 5.79 Å². The van der Waals surface area contributed by atoms with E-state index >= 15 is 0 Å². The third-order valence-corrected chi connectivity index (χ3v) is 5.35. The first-order valence-electron chi connectivity index (χ1n) is 9.93. The molecule has 158 valence electrons. The van der Waals surface area contributed by atoms with Gasteiger partial charge < -0.3 is 23.5 Å². The van der Waals surface area contributed by atoms with Gasteiger partial charge in [-0.05, 0) is 48.4 Å². The van der Waals surface area contributed by atoms with Crippen LogP contribution in [0.15, 0.2) is 67.3 Å². The van der Waals surface area contributed by atoms with Crippen LogP contribution in [0.1, 0.15) is 12.0 Å². The van der Waals surface area contributed by atoms with Crippen molar-refractivity contribution in [3.63, 3.8) is 0 Å². The molecule has 0 spiro atoms. The van der Waals surface area contributed by atoms with Crippen LogP contribution in [0.25, 0.3) is 0 Å². The van der Waals surface area contributed by atoms with Gasteiger partial charge in [-0.3, -0.25) is 0 Å². The van der Waals surface area contributed by atoms with Gasteiger partial charge in [0.25, 0.3) is 0 Å². The average molecular weight is 429 g/mol. The van der Waals surface area contributed by atoms with E-state index in [4.69, 9.17) is 30.5 Å². The van der Waals surface area contributed by atoms with Crippen molar-refractivity contribution in [2.24, 2.45) is 0 Å². The summed E-state index contributed by atoms with van der Waals surface area (Å²) < 4.78 is 25.6. The molecule has 0 N–H and O–H groups in total. The zero-order chi connectivity index (χ0) is 20.8. The molecule has 0 bridgehead atoms. The first-order chi connectivity index (χ1) is 14.6. The summed E-state index contributed by atoms with van der Waals surface area (Å²) in [7, 11) is 1.64. The highest BCUT2D eigenvalue weighted by atomic mass is 35.5. The van der Waals surface area contributed by atoms with Crippen molar-refractivity contribution < 1.29 is 18.9 Å². The topological polar surface area (TPSA) is 54.7 Å². The van der Waals surface area contributed by atoms with Crippen LogP contribution in [-0.4, -0.2) is 41.8 Å². The molecule has 2 aromatic carbocycles. The fourth-order valence-electron chi connectivity index (χ4n) is 3.50. The van der Waals surface area contributed by atoms with Crippen molar-refractivity contribution in [1.29, 1.82) is 0 Å². The lowest BCUT2D eigenvalue weighted by molar-refractivity contribution is -0.184. The number of aryl methyl sites for hydroxylation is 1. The van der Waals surface area contributed by atoms with Crippen LogP contribution < -0.4 is 9.47 Å². The normalized spacial score (nSPS) is 20.9. The minimum absolute atomic E-state index is 0.152. The minimum Gasteiger partial charge on any atom is -0.497 e. The van der Waals surface area contributed by atoms with Gasteiger partial charge in [-0.25, -0.2) is 4.98 Å². The molecule has 0 saturated carbocycles. The van der Waals surface area contributed by atoms with E-state index in [0.29, 0.717) is 26.2 Å². The highest BCUT2D eigenvalue weighted by Gasteiger charge is 2.42. The molecule has 7 heteroatoms. The van der Waals surface area contributed by atoms with E-state index in [1.54, 1.807) is 19.6 Å². The molecule has 0 unspecified atom stereocenters. The Morgan fingerprint density at radius 2 is 1.90 bits per heavy atom. The van der Waals surface area contributed by atoms with Crippen LogP contribution >= 0.6 is 11.6 Å². The Hall–Kier alpha value is -2.54. The number of rotatable bonds is 9. The first kappa shape index (κ1) is 20.7. The molecule has 3 aromatic rings. The molecule has 2 heterocycles. The number of aromatic nitrogens is 2. The van der Waals surface area contributed by atoms with Crippen molar-refractivity contribution in [2.45, 2.75) is 31.3 Å². The van der Waals surface area contributed by atoms with Gasteiger partial charge in [0.2, 0.25) is 0 Å². The van der Waals surface area contributed by atoms with Crippen LogP contribution in [0.5, 0.6) is 11.5 Å². The highest BCUT2D eigenvalue weighted by molar-refractivity contribution is 6.30. The van der Waals surface area contributed by atoms with Crippen molar-refractivity contribution in [3.05, 3.63) is 77.8 Å². The maximum absolute atomic E-state index is 6.39. The van der Waals surface area contributed by atoms with Gasteiger partial charge in [-0.2, -0.15) is 0 Å². The Balaban J connectivity index is 1.39. The zero-order valence-corrected chi connectivity index (χ0v) is 17.6. The lowest BCUT2D eigenvalue weighted by atomic mass is 10.0. The second-order valence-electron chi connectivity index (χ2n) is 7.31. The summed E-state index contributed by atoms with van der Waals surface area (Å²) in [6.45, 7) is 1.46. The summed E-state index contributed by atoms with van der Waals surface area (Å²) in [5, 5.41) is 0.732. The highest BCUT2D eigenvalue weighted by Crippen LogP contribution is 2.31. The SMILES string of the molecule is COc1ccc(OC[C@@H]2CO[C@](CCc3ccc(Cl)cc3)(Cn3ccnc3)O2)cc1. The molecule has 2 atom stereocenters. The van der Waals surface area contributed by atoms with Gasteiger partial charge in [0, 0.05) is 23.8 Å². The predicted molar refractivity (Wildman–Crippen MR) is 114 cm³/mol. The van der Waals surface area contributed by atoms with E-state index in [1.165, 1.54) is 5.56 Å². The number of nitrogens with zero attached hydrogens (tertiary/aromatic N) is 2. The minimum atomic E-state index is -0.728. The third-order valence-electron chi connectivity index (χ3n) is 5.10. The summed E-state index contributed by atoms with van der Waals surface area (Å²) in [5.74, 6) is 0.839. The smallest absolute Gasteiger partial charge is 0.187 e. The van der Waals surface area contributed by atoms with E-state index in [0.717, 1.165) is 22.9 Å².